The van der Waals surface area contributed by atoms with Gasteiger partial charge in [-0.3, -0.25) is 0 Å². The third kappa shape index (κ3) is 2.26. The number of carbonyl (C=O) groups is 1. The number of nitrogen functional groups attached to an aromatic ring is 1. The van der Waals surface area contributed by atoms with E-state index < -0.39 is 11.8 Å². The second kappa shape index (κ2) is 4.89. The van der Waals surface area contributed by atoms with Crippen LogP contribution in [0.25, 0.3) is 10.4 Å². The van der Waals surface area contributed by atoms with Crippen molar-refractivity contribution in [2.75, 3.05) is 12.8 Å². The molecular formula is C13H12FNO3S. The van der Waals surface area contributed by atoms with Crippen molar-refractivity contribution in [2.45, 2.75) is 6.92 Å². The van der Waals surface area contributed by atoms with Crippen LogP contribution in [0.2, 0.25) is 0 Å². The molecule has 6 heteroatoms. The number of benzene rings is 1. The van der Waals surface area contributed by atoms with Crippen molar-refractivity contribution >= 4 is 23.0 Å². The minimum atomic E-state index is -1.06. The number of anilines is 1. The standard InChI is InChI=1S/C13H12FNO3S/c1-6-10(15)12(13(16)17)19-11(6)7-3-4-8(14)9(5-7)18-2/h3-5H,15H2,1-2H3,(H,16,17). The first-order valence-corrected chi connectivity index (χ1v) is 6.23. The van der Waals surface area contributed by atoms with Gasteiger partial charge < -0.3 is 15.6 Å². The van der Waals surface area contributed by atoms with Crippen molar-refractivity contribution < 1.29 is 19.0 Å². The Morgan fingerprint density at radius 1 is 1.47 bits per heavy atom. The summed E-state index contributed by atoms with van der Waals surface area (Å²) in [5.74, 6) is -1.42. The lowest BCUT2D eigenvalue weighted by Crippen LogP contribution is -1.97. The van der Waals surface area contributed by atoms with Gasteiger partial charge in [0.1, 0.15) is 4.88 Å². The summed E-state index contributed by atoms with van der Waals surface area (Å²) in [6, 6.07) is 4.38. The Labute approximate surface area is 113 Å². The van der Waals surface area contributed by atoms with Crippen molar-refractivity contribution in [3.05, 3.63) is 34.5 Å². The lowest BCUT2D eigenvalue weighted by atomic mass is 10.1. The number of ether oxygens (including phenoxy) is 1. The minimum Gasteiger partial charge on any atom is -0.494 e. The Hall–Kier alpha value is -2.08. The highest BCUT2D eigenvalue weighted by molar-refractivity contribution is 7.18. The molecule has 0 spiro atoms. The van der Waals surface area contributed by atoms with Gasteiger partial charge in [0.2, 0.25) is 0 Å². The number of hydrogen-bond donors (Lipinski definition) is 2. The first-order valence-electron chi connectivity index (χ1n) is 5.41. The maximum atomic E-state index is 13.4. The SMILES string of the molecule is COc1cc(-c2sc(C(=O)O)c(N)c2C)ccc1F. The smallest absolute Gasteiger partial charge is 0.348 e. The van der Waals surface area contributed by atoms with E-state index in [9.17, 15) is 9.18 Å². The molecule has 19 heavy (non-hydrogen) atoms. The average Bonchev–Trinajstić information content (AvgIpc) is 2.67. The Balaban J connectivity index is 2.59. The van der Waals surface area contributed by atoms with Gasteiger partial charge in [-0.2, -0.15) is 0 Å². The van der Waals surface area contributed by atoms with Crippen LogP contribution in [0.1, 0.15) is 15.2 Å². The molecule has 0 aliphatic heterocycles. The fourth-order valence-electron chi connectivity index (χ4n) is 1.76. The number of carboxylic acid groups (broad SMARTS) is 1. The molecule has 3 N–H and O–H groups in total. The van der Waals surface area contributed by atoms with Crippen molar-refractivity contribution in [2.24, 2.45) is 0 Å². The number of thiophene rings is 1. The first kappa shape index (κ1) is 13.4. The molecule has 1 aromatic carbocycles. The van der Waals surface area contributed by atoms with Crippen molar-refractivity contribution in [3.63, 3.8) is 0 Å². The van der Waals surface area contributed by atoms with Gasteiger partial charge >= 0.3 is 5.97 Å². The normalized spacial score (nSPS) is 10.5. The Bertz CT molecular complexity index is 652. The second-order valence-electron chi connectivity index (χ2n) is 3.95. The van der Waals surface area contributed by atoms with Crippen molar-refractivity contribution in [3.8, 4) is 16.2 Å². The van der Waals surface area contributed by atoms with E-state index in [-0.39, 0.29) is 16.3 Å². The molecule has 0 bridgehead atoms. The maximum Gasteiger partial charge on any atom is 0.348 e. The zero-order chi connectivity index (χ0) is 14.2. The number of nitrogens with two attached hydrogens (primary N) is 1. The summed E-state index contributed by atoms with van der Waals surface area (Å²) in [6.45, 7) is 1.74. The Kier molecular flexibility index (Phi) is 3.44. The van der Waals surface area contributed by atoms with E-state index in [0.717, 1.165) is 11.3 Å². The van der Waals surface area contributed by atoms with Crippen LogP contribution in [0, 0.1) is 12.7 Å². The van der Waals surface area contributed by atoms with Crippen LogP contribution < -0.4 is 10.5 Å². The molecule has 0 radical (unpaired) electrons. The van der Waals surface area contributed by atoms with E-state index in [1.807, 2.05) is 0 Å². The molecule has 4 nitrogen and oxygen atoms in total. The molecule has 2 aromatic rings. The average molecular weight is 281 g/mol. The molecule has 0 saturated heterocycles. The van der Waals surface area contributed by atoms with Crippen LogP contribution in [-0.4, -0.2) is 18.2 Å². The van der Waals surface area contributed by atoms with Gasteiger partial charge in [-0.05, 0) is 30.2 Å². The Morgan fingerprint density at radius 3 is 2.68 bits per heavy atom. The van der Waals surface area contributed by atoms with Gasteiger partial charge in [-0.1, -0.05) is 6.07 Å². The van der Waals surface area contributed by atoms with E-state index in [0.29, 0.717) is 16.0 Å². The van der Waals surface area contributed by atoms with Crippen LogP contribution in [0.3, 0.4) is 0 Å². The summed E-state index contributed by atoms with van der Waals surface area (Å²) < 4.78 is 18.3. The zero-order valence-electron chi connectivity index (χ0n) is 10.4. The van der Waals surface area contributed by atoms with Crippen LogP contribution in [0.4, 0.5) is 10.1 Å². The predicted octanol–water partition coefficient (Wildman–Crippen LogP) is 3.15. The monoisotopic (exact) mass is 281 g/mol. The van der Waals surface area contributed by atoms with Gasteiger partial charge in [-0.25, -0.2) is 9.18 Å². The highest BCUT2D eigenvalue weighted by Crippen LogP contribution is 2.39. The summed E-state index contributed by atoms with van der Waals surface area (Å²) in [7, 11) is 1.38. The molecule has 0 aliphatic rings. The van der Waals surface area contributed by atoms with Crippen LogP contribution in [0.5, 0.6) is 5.75 Å². The quantitative estimate of drug-likeness (QED) is 0.906. The molecule has 2 rings (SSSR count). The molecule has 0 atom stereocenters. The number of carboxylic acids is 1. The summed E-state index contributed by atoms with van der Waals surface area (Å²) >= 11 is 1.07. The van der Waals surface area contributed by atoms with Gasteiger partial charge in [0.15, 0.2) is 11.6 Å². The summed E-state index contributed by atoms with van der Waals surface area (Å²) in [5, 5.41) is 9.04. The molecule has 100 valence electrons. The highest BCUT2D eigenvalue weighted by Gasteiger charge is 2.19. The number of methoxy groups -OCH3 is 1. The molecule has 0 aliphatic carbocycles. The second-order valence-corrected chi connectivity index (χ2v) is 4.97. The lowest BCUT2D eigenvalue weighted by Gasteiger charge is -2.05. The molecule has 0 saturated carbocycles. The van der Waals surface area contributed by atoms with Gasteiger partial charge in [-0.15, -0.1) is 11.3 Å². The highest BCUT2D eigenvalue weighted by atomic mass is 32.1. The van der Waals surface area contributed by atoms with Gasteiger partial charge in [0, 0.05) is 4.88 Å². The molecule has 1 heterocycles. The number of hydrogen-bond acceptors (Lipinski definition) is 4. The van der Waals surface area contributed by atoms with Gasteiger partial charge in [0.05, 0.1) is 12.8 Å². The fraction of sp³-hybridized carbons (Fsp3) is 0.154. The lowest BCUT2D eigenvalue weighted by molar-refractivity contribution is 0.0703. The first-order chi connectivity index (χ1) is 8.95. The van der Waals surface area contributed by atoms with E-state index in [2.05, 4.69) is 0 Å². The van der Waals surface area contributed by atoms with Crippen LogP contribution in [0.15, 0.2) is 18.2 Å². The largest absolute Gasteiger partial charge is 0.494 e. The molecule has 0 unspecified atom stereocenters. The summed E-state index contributed by atoms with van der Waals surface area (Å²) in [5.41, 5.74) is 7.37. The van der Waals surface area contributed by atoms with E-state index >= 15 is 0 Å². The third-order valence-corrected chi connectivity index (χ3v) is 4.15. The molecule has 0 amide bonds. The van der Waals surface area contributed by atoms with Crippen LogP contribution in [-0.2, 0) is 0 Å². The van der Waals surface area contributed by atoms with E-state index in [1.165, 1.54) is 19.2 Å². The van der Waals surface area contributed by atoms with Gasteiger partial charge in [0.25, 0.3) is 0 Å². The zero-order valence-corrected chi connectivity index (χ0v) is 11.2. The van der Waals surface area contributed by atoms with Crippen LogP contribution >= 0.6 is 11.3 Å². The predicted molar refractivity (Wildman–Crippen MR) is 72.4 cm³/mol. The third-order valence-electron chi connectivity index (χ3n) is 2.80. The minimum absolute atomic E-state index is 0.0933. The topological polar surface area (TPSA) is 72.5 Å². The van der Waals surface area contributed by atoms with E-state index in [1.54, 1.807) is 13.0 Å². The number of halogens is 1. The fourth-order valence-corrected chi connectivity index (χ4v) is 2.82. The summed E-state index contributed by atoms with van der Waals surface area (Å²) in [6.07, 6.45) is 0. The number of rotatable bonds is 3. The molecule has 1 aromatic heterocycles. The number of aromatic carboxylic acids is 1. The molecular weight excluding hydrogens is 269 g/mol. The maximum absolute atomic E-state index is 13.4. The molecule has 0 fully saturated rings. The summed E-state index contributed by atoms with van der Waals surface area (Å²) in [4.78, 5) is 11.8. The van der Waals surface area contributed by atoms with Crippen molar-refractivity contribution in [1.82, 2.24) is 0 Å². The van der Waals surface area contributed by atoms with Crippen molar-refractivity contribution in [1.29, 1.82) is 0 Å². The Morgan fingerprint density at radius 2 is 2.16 bits per heavy atom. The van der Waals surface area contributed by atoms with E-state index in [4.69, 9.17) is 15.6 Å².